The molecule has 3 aromatic rings. The van der Waals surface area contributed by atoms with Crippen molar-refractivity contribution in [3.8, 4) is 6.07 Å². The second-order valence-electron chi connectivity index (χ2n) is 10.3. The molecule has 3 aromatic carbocycles. The smallest absolute Gasteiger partial charge is 0.417 e. The van der Waals surface area contributed by atoms with Crippen LogP contribution in [0.3, 0.4) is 0 Å². The maximum Gasteiger partial charge on any atom is 0.417 e. The predicted octanol–water partition coefficient (Wildman–Crippen LogP) is 5.50. The van der Waals surface area contributed by atoms with Gasteiger partial charge in [0.1, 0.15) is 5.54 Å². The second-order valence-corrected chi connectivity index (χ2v) is 10.3. The van der Waals surface area contributed by atoms with E-state index < -0.39 is 52.6 Å². The zero-order valence-corrected chi connectivity index (χ0v) is 24.1. The zero-order chi connectivity index (χ0) is 32.4. The lowest BCUT2D eigenvalue weighted by atomic mass is 9.99. The van der Waals surface area contributed by atoms with Crippen LogP contribution in [0.5, 0.6) is 0 Å². The van der Waals surface area contributed by atoms with Crippen molar-refractivity contribution in [2.75, 3.05) is 24.4 Å². The van der Waals surface area contributed by atoms with E-state index in [-0.39, 0.29) is 12.2 Å². The van der Waals surface area contributed by atoms with Gasteiger partial charge in [0.15, 0.2) is 5.92 Å². The molecule has 3 amide bonds. The first-order valence-corrected chi connectivity index (χ1v) is 13.1. The molecule has 0 spiro atoms. The molecule has 1 saturated heterocycles. The van der Waals surface area contributed by atoms with E-state index >= 15 is 0 Å². The Kier molecular flexibility index (Phi) is 8.66. The maximum atomic E-state index is 13.6. The van der Waals surface area contributed by atoms with Gasteiger partial charge in [0.25, 0.3) is 5.91 Å². The number of rotatable bonds is 8. The maximum absolute atomic E-state index is 13.6. The molecule has 0 aliphatic carbocycles. The van der Waals surface area contributed by atoms with Crippen LogP contribution in [-0.2, 0) is 36.6 Å². The molecular formula is C31H27F3N4O6. The predicted molar refractivity (Wildman–Crippen MR) is 152 cm³/mol. The lowest BCUT2D eigenvalue weighted by molar-refractivity contribution is -0.154. The summed E-state index contributed by atoms with van der Waals surface area (Å²) in [5, 5.41) is 12.3. The molecule has 228 valence electrons. The van der Waals surface area contributed by atoms with Gasteiger partial charge in [0, 0.05) is 11.4 Å². The number of nitrogens with zero attached hydrogens (tertiary/aromatic N) is 3. The molecule has 0 radical (unpaired) electrons. The average molecular weight is 609 g/mol. The Hall–Kier alpha value is -5.38. The molecule has 0 atom stereocenters. The summed E-state index contributed by atoms with van der Waals surface area (Å²) in [5.41, 5.74) is -1.54. The number of amides is 3. The normalized spacial score (nSPS) is 14.4. The summed E-state index contributed by atoms with van der Waals surface area (Å²) in [6.07, 6.45) is -4.87. The summed E-state index contributed by atoms with van der Waals surface area (Å²) in [5.74, 6) is -3.55. The molecule has 1 N–H and O–H groups in total. The summed E-state index contributed by atoms with van der Waals surface area (Å²) < 4.78 is 50.2. The van der Waals surface area contributed by atoms with E-state index in [0.29, 0.717) is 33.5 Å². The number of hydrogen-bond donors (Lipinski definition) is 1. The Bertz CT molecular complexity index is 1650. The highest BCUT2D eigenvalue weighted by Crippen LogP contribution is 2.39. The molecule has 44 heavy (non-hydrogen) atoms. The van der Waals surface area contributed by atoms with Crippen molar-refractivity contribution in [2.45, 2.75) is 38.0 Å². The number of para-hydroxylation sites is 1. The summed E-state index contributed by atoms with van der Waals surface area (Å²) >= 11 is 0. The van der Waals surface area contributed by atoms with E-state index in [1.165, 1.54) is 24.8 Å². The van der Waals surface area contributed by atoms with Crippen molar-refractivity contribution < 1.29 is 41.8 Å². The van der Waals surface area contributed by atoms with Crippen LogP contribution in [0, 0.1) is 11.3 Å². The van der Waals surface area contributed by atoms with E-state index in [9.17, 15) is 32.3 Å². The molecule has 0 bridgehead atoms. The largest absolute Gasteiger partial charge is 0.468 e. The number of methoxy groups -OCH3 is 2. The van der Waals surface area contributed by atoms with Crippen LogP contribution in [0.25, 0.3) is 0 Å². The molecule has 0 unspecified atom stereocenters. The minimum absolute atomic E-state index is 0.0789. The number of ether oxygens (including phenoxy) is 2. The van der Waals surface area contributed by atoms with Crippen LogP contribution in [0.15, 0.2) is 66.7 Å². The highest BCUT2D eigenvalue weighted by Gasteiger charge is 2.52. The number of carbonyl (C=O) groups excluding carboxylic acids is 4. The van der Waals surface area contributed by atoms with Crippen LogP contribution in [0.1, 0.15) is 42.0 Å². The van der Waals surface area contributed by atoms with Crippen molar-refractivity contribution in [1.29, 1.82) is 5.26 Å². The third kappa shape index (κ3) is 5.92. The zero-order valence-electron chi connectivity index (χ0n) is 24.1. The molecule has 10 nitrogen and oxygen atoms in total. The Labute approximate surface area is 250 Å². The Balaban J connectivity index is 1.61. The second kappa shape index (κ2) is 12.1. The van der Waals surface area contributed by atoms with Gasteiger partial charge in [-0.3, -0.25) is 14.4 Å². The minimum Gasteiger partial charge on any atom is -0.468 e. The van der Waals surface area contributed by atoms with Crippen LogP contribution < -0.4 is 10.2 Å². The third-order valence-electron chi connectivity index (χ3n) is 7.25. The van der Waals surface area contributed by atoms with Crippen molar-refractivity contribution in [3.05, 3.63) is 89.0 Å². The van der Waals surface area contributed by atoms with Gasteiger partial charge in [-0.05, 0) is 61.4 Å². The van der Waals surface area contributed by atoms with Gasteiger partial charge in [0.05, 0.1) is 43.6 Å². The van der Waals surface area contributed by atoms with Gasteiger partial charge < -0.3 is 19.7 Å². The summed E-state index contributed by atoms with van der Waals surface area (Å²) in [6.45, 7) is 2.91. The number of imide groups is 1. The molecular weight excluding hydrogens is 581 g/mol. The Morgan fingerprint density at radius 1 is 0.977 bits per heavy atom. The summed E-state index contributed by atoms with van der Waals surface area (Å²) in [4.78, 5) is 53.2. The van der Waals surface area contributed by atoms with E-state index in [2.05, 4.69) is 5.32 Å². The monoisotopic (exact) mass is 608 g/mol. The molecule has 4 rings (SSSR count). The first kappa shape index (κ1) is 31.6. The topological polar surface area (TPSA) is 129 Å². The fraction of sp³-hybridized carbons (Fsp3) is 0.258. The van der Waals surface area contributed by atoms with E-state index in [4.69, 9.17) is 14.7 Å². The lowest BCUT2D eigenvalue weighted by Gasteiger charge is -2.28. The van der Waals surface area contributed by atoms with E-state index in [1.807, 2.05) is 0 Å². The summed E-state index contributed by atoms with van der Waals surface area (Å²) in [6, 6.07) is 16.6. The molecule has 13 heteroatoms. The van der Waals surface area contributed by atoms with Crippen LogP contribution in [0.4, 0.5) is 35.0 Å². The van der Waals surface area contributed by atoms with Gasteiger partial charge in [-0.25, -0.2) is 9.69 Å². The molecule has 1 aliphatic rings. The molecule has 1 fully saturated rings. The quantitative estimate of drug-likeness (QED) is 0.202. The van der Waals surface area contributed by atoms with Crippen LogP contribution in [0.2, 0.25) is 0 Å². The van der Waals surface area contributed by atoms with Crippen LogP contribution >= 0.6 is 0 Å². The third-order valence-corrected chi connectivity index (χ3v) is 7.25. The highest BCUT2D eigenvalue weighted by atomic mass is 19.4. The first-order chi connectivity index (χ1) is 20.7. The Morgan fingerprint density at radius 2 is 1.59 bits per heavy atom. The van der Waals surface area contributed by atoms with Gasteiger partial charge >= 0.3 is 24.1 Å². The number of alkyl halides is 3. The van der Waals surface area contributed by atoms with Gasteiger partial charge in [-0.1, -0.05) is 30.3 Å². The van der Waals surface area contributed by atoms with Gasteiger partial charge in [0.2, 0.25) is 0 Å². The SMILES string of the molecule is COC(=O)C(C(=O)OC)c1ccc(Nc2ccccc2CN2C(=O)N(c3ccc(C#N)c(C(F)(F)F)c3)C(=O)C2(C)C)cc1. The molecule has 1 aliphatic heterocycles. The van der Waals surface area contributed by atoms with E-state index in [1.54, 1.807) is 48.5 Å². The lowest BCUT2D eigenvalue weighted by Crippen LogP contribution is -2.43. The number of nitriles is 1. The molecule has 1 heterocycles. The standard InChI is InChI=1S/C31H27F3N4O6/c1-30(2)28(41)38(22-14-11-19(16-35)23(15-22)31(32,33)34)29(42)37(30)17-20-7-5-6-8-24(20)36-21-12-9-18(10-13-21)25(26(39)43-3)27(40)44-4/h5-15,25,36H,17H2,1-4H3. The number of benzene rings is 3. The fourth-order valence-electron chi connectivity index (χ4n) is 4.80. The number of hydrogen-bond acceptors (Lipinski definition) is 8. The highest BCUT2D eigenvalue weighted by molar-refractivity contribution is 6.23. The fourth-order valence-corrected chi connectivity index (χ4v) is 4.80. The molecule has 0 aromatic heterocycles. The van der Waals surface area contributed by atoms with Crippen molar-refractivity contribution >= 4 is 40.9 Å². The summed E-state index contributed by atoms with van der Waals surface area (Å²) in [7, 11) is 2.32. The number of esters is 2. The number of carbonyl (C=O) groups is 4. The van der Waals surface area contributed by atoms with Gasteiger partial charge in [-0.15, -0.1) is 0 Å². The minimum atomic E-state index is -4.87. The number of nitrogens with one attached hydrogen (secondary N) is 1. The number of urea groups is 1. The van der Waals surface area contributed by atoms with Crippen molar-refractivity contribution in [2.24, 2.45) is 0 Å². The van der Waals surface area contributed by atoms with Crippen molar-refractivity contribution in [1.82, 2.24) is 4.90 Å². The van der Waals surface area contributed by atoms with Gasteiger partial charge in [-0.2, -0.15) is 18.4 Å². The first-order valence-electron chi connectivity index (χ1n) is 13.1. The van der Waals surface area contributed by atoms with Crippen molar-refractivity contribution in [3.63, 3.8) is 0 Å². The van der Waals surface area contributed by atoms with E-state index in [0.717, 1.165) is 26.4 Å². The molecule has 0 saturated carbocycles. The average Bonchev–Trinajstić information content (AvgIpc) is 3.16. The van der Waals surface area contributed by atoms with Crippen LogP contribution in [-0.4, -0.2) is 48.5 Å². The Morgan fingerprint density at radius 3 is 2.16 bits per heavy atom. The number of halogens is 3. The number of anilines is 3.